The van der Waals surface area contributed by atoms with Gasteiger partial charge in [0.25, 0.3) is 0 Å². The van der Waals surface area contributed by atoms with Crippen molar-refractivity contribution in [1.29, 1.82) is 0 Å². The number of likely N-dealkylation sites (tertiary alicyclic amines) is 1. The molecule has 4 atom stereocenters. The van der Waals surface area contributed by atoms with Gasteiger partial charge in [-0.15, -0.1) is 0 Å². The van der Waals surface area contributed by atoms with Crippen molar-refractivity contribution >= 4 is 17.8 Å². The summed E-state index contributed by atoms with van der Waals surface area (Å²) in [5, 5.41) is 9.45. The van der Waals surface area contributed by atoms with E-state index < -0.39 is 29.4 Å². The molecule has 2 heterocycles. The van der Waals surface area contributed by atoms with E-state index in [0.29, 0.717) is 12.2 Å². The molecule has 1 aliphatic carbocycles. The lowest BCUT2D eigenvalue weighted by atomic mass is 9.65. The number of piperidine rings is 1. The van der Waals surface area contributed by atoms with Gasteiger partial charge in [-0.3, -0.25) is 14.4 Å². The average molecular weight is 448 g/mol. The van der Waals surface area contributed by atoms with E-state index in [0.717, 1.165) is 25.7 Å². The largest absolute Gasteiger partial charge is 0.481 e. The number of amides is 1. The normalized spacial score (nSPS) is 30.8. The van der Waals surface area contributed by atoms with Gasteiger partial charge in [0.15, 0.2) is 0 Å². The molecule has 0 aromatic carbocycles. The maximum absolute atomic E-state index is 13.5. The monoisotopic (exact) mass is 447 g/mol. The number of carboxylic acids is 1. The fourth-order valence-corrected chi connectivity index (χ4v) is 5.27. The number of ether oxygens (including phenoxy) is 2. The Hall–Kier alpha value is -2.15. The standard InChI is InChI=1S/C25H37NO6/c1-16-25(23(30)31-5)15-18(13-21(27)28)22(29)26(12-11-17-9-7-6-8-10-17)19(25)14-20(32-16)24(2,3)4/h9,14,16,18,20H,6-8,10-13,15H2,1-5H3,(H,27,28)/t16-,18-,20-,25+/m0/s1. The second-order valence-electron chi connectivity index (χ2n) is 10.4. The first-order valence-electron chi connectivity index (χ1n) is 11.7. The van der Waals surface area contributed by atoms with Crippen LogP contribution in [0.1, 0.15) is 72.6 Å². The van der Waals surface area contributed by atoms with Gasteiger partial charge >= 0.3 is 11.9 Å². The molecule has 0 saturated carbocycles. The Kier molecular flexibility index (Phi) is 7.18. The first-order valence-corrected chi connectivity index (χ1v) is 11.7. The summed E-state index contributed by atoms with van der Waals surface area (Å²) in [6, 6.07) is 0. The van der Waals surface area contributed by atoms with E-state index in [9.17, 15) is 19.5 Å². The van der Waals surface area contributed by atoms with Gasteiger partial charge in [0.05, 0.1) is 31.7 Å². The number of hydrogen-bond donors (Lipinski definition) is 1. The first-order chi connectivity index (χ1) is 15.0. The van der Waals surface area contributed by atoms with Gasteiger partial charge < -0.3 is 19.5 Å². The zero-order valence-electron chi connectivity index (χ0n) is 20.0. The molecule has 0 aromatic heterocycles. The highest BCUT2D eigenvalue weighted by Gasteiger charge is 2.60. The van der Waals surface area contributed by atoms with Crippen LogP contribution in [0.25, 0.3) is 0 Å². The van der Waals surface area contributed by atoms with Crippen molar-refractivity contribution in [3.63, 3.8) is 0 Å². The third-order valence-electron chi connectivity index (χ3n) is 7.15. The number of hydrogen-bond acceptors (Lipinski definition) is 5. The Morgan fingerprint density at radius 1 is 1.31 bits per heavy atom. The molecule has 1 fully saturated rings. The predicted octanol–water partition coefficient (Wildman–Crippen LogP) is 4.08. The van der Waals surface area contributed by atoms with Gasteiger partial charge in [0.1, 0.15) is 5.41 Å². The Labute approximate surface area is 190 Å². The molecule has 7 nitrogen and oxygen atoms in total. The lowest BCUT2D eigenvalue weighted by Gasteiger charge is -2.53. The van der Waals surface area contributed by atoms with Crippen LogP contribution in [0.2, 0.25) is 0 Å². The average Bonchev–Trinajstić information content (AvgIpc) is 2.73. The number of carbonyl (C=O) groups is 3. The summed E-state index contributed by atoms with van der Waals surface area (Å²) < 4.78 is 11.5. The van der Waals surface area contributed by atoms with Crippen LogP contribution < -0.4 is 0 Å². The molecule has 0 spiro atoms. The van der Waals surface area contributed by atoms with Crippen molar-refractivity contribution < 1.29 is 29.0 Å². The molecular weight excluding hydrogens is 410 g/mol. The van der Waals surface area contributed by atoms with E-state index in [1.54, 1.807) is 4.90 Å². The molecule has 0 aromatic rings. The maximum atomic E-state index is 13.5. The quantitative estimate of drug-likeness (QED) is 0.487. The number of methoxy groups -OCH3 is 1. The summed E-state index contributed by atoms with van der Waals surface area (Å²) in [6.45, 7) is 8.43. The Morgan fingerprint density at radius 3 is 2.59 bits per heavy atom. The lowest BCUT2D eigenvalue weighted by molar-refractivity contribution is -0.180. The molecular formula is C25H37NO6. The summed E-state index contributed by atoms with van der Waals surface area (Å²) >= 11 is 0. The number of carbonyl (C=O) groups excluding carboxylic acids is 2. The van der Waals surface area contributed by atoms with Crippen LogP contribution in [-0.2, 0) is 23.9 Å². The van der Waals surface area contributed by atoms with Crippen LogP contribution in [0.5, 0.6) is 0 Å². The number of esters is 1. The maximum Gasteiger partial charge on any atom is 0.320 e. The van der Waals surface area contributed by atoms with E-state index >= 15 is 0 Å². The number of aliphatic carboxylic acids is 1. The van der Waals surface area contributed by atoms with Crippen molar-refractivity contribution in [2.24, 2.45) is 16.7 Å². The minimum absolute atomic E-state index is 0.0772. The Morgan fingerprint density at radius 2 is 2.03 bits per heavy atom. The fraction of sp³-hybridized carbons (Fsp3) is 0.720. The minimum atomic E-state index is -1.20. The number of fused-ring (bicyclic) bond motifs is 1. The summed E-state index contributed by atoms with van der Waals surface area (Å²) in [5.41, 5.74) is 0.500. The summed E-state index contributed by atoms with van der Waals surface area (Å²) in [4.78, 5) is 40.0. The van der Waals surface area contributed by atoms with Crippen LogP contribution >= 0.6 is 0 Å². The lowest BCUT2D eigenvalue weighted by Crippen LogP contribution is -2.61. The van der Waals surface area contributed by atoms with Crippen LogP contribution in [0.4, 0.5) is 0 Å². The minimum Gasteiger partial charge on any atom is -0.481 e. The third kappa shape index (κ3) is 4.63. The van der Waals surface area contributed by atoms with Crippen LogP contribution in [0.15, 0.2) is 23.4 Å². The summed E-state index contributed by atoms with van der Waals surface area (Å²) in [7, 11) is 1.33. The summed E-state index contributed by atoms with van der Waals surface area (Å²) in [5.74, 6) is -2.56. The van der Waals surface area contributed by atoms with E-state index in [1.807, 2.05) is 13.0 Å². The zero-order chi connectivity index (χ0) is 23.7. The molecule has 1 saturated heterocycles. The molecule has 3 rings (SSSR count). The topological polar surface area (TPSA) is 93.1 Å². The molecule has 0 bridgehead atoms. The Bertz CT molecular complexity index is 823. The molecule has 0 unspecified atom stereocenters. The highest BCUT2D eigenvalue weighted by molar-refractivity contribution is 5.92. The van der Waals surface area contributed by atoms with Crippen LogP contribution in [-0.4, -0.2) is 53.7 Å². The summed E-state index contributed by atoms with van der Waals surface area (Å²) in [6.07, 6.45) is 8.19. The molecule has 7 heteroatoms. The van der Waals surface area contributed by atoms with Gasteiger partial charge in [0, 0.05) is 12.2 Å². The van der Waals surface area contributed by atoms with E-state index in [4.69, 9.17) is 9.47 Å². The second kappa shape index (κ2) is 9.38. The first kappa shape index (κ1) is 24.5. The number of nitrogens with zero attached hydrogens (tertiary/aromatic N) is 1. The van der Waals surface area contributed by atoms with E-state index in [2.05, 4.69) is 26.8 Å². The highest BCUT2D eigenvalue weighted by Crippen LogP contribution is 2.51. The number of allylic oxidation sites excluding steroid dienone is 1. The van der Waals surface area contributed by atoms with E-state index in [1.165, 1.54) is 19.1 Å². The Balaban J connectivity index is 2.07. The van der Waals surface area contributed by atoms with Crippen molar-refractivity contribution in [1.82, 2.24) is 4.90 Å². The van der Waals surface area contributed by atoms with Gasteiger partial charge in [-0.1, -0.05) is 32.4 Å². The van der Waals surface area contributed by atoms with Gasteiger partial charge in [-0.05, 0) is 56.9 Å². The molecule has 2 aliphatic heterocycles. The smallest absolute Gasteiger partial charge is 0.320 e. The van der Waals surface area contributed by atoms with Crippen molar-refractivity contribution in [2.45, 2.75) is 84.8 Å². The number of rotatable bonds is 6. The molecule has 178 valence electrons. The molecule has 1 N–H and O–H groups in total. The van der Waals surface area contributed by atoms with Crippen molar-refractivity contribution in [2.75, 3.05) is 13.7 Å². The van der Waals surface area contributed by atoms with Crippen molar-refractivity contribution in [3.05, 3.63) is 23.4 Å². The zero-order valence-corrected chi connectivity index (χ0v) is 20.0. The molecule has 32 heavy (non-hydrogen) atoms. The highest BCUT2D eigenvalue weighted by atomic mass is 16.5. The van der Waals surface area contributed by atoms with Crippen LogP contribution in [0, 0.1) is 16.7 Å². The third-order valence-corrected chi connectivity index (χ3v) is 7.15. The van der Waals surface area contributed by atoms with Gasteiger partial charge in [-0.25, -0.2) is 0 Å². The number of carboxylic acid groups (broad SMARTS) is 1. The van der Waals surface area contributed by atoms with Crippen LogP contribution in [0.3, 0.4) is 0 Å². The van der Waals surface area contributed by atoms with E-state index in [-0.39, 0.29) is 30.3 Å². The SMILES string of the molecule is COC(=O)[C@@]12C[C@H](CC(=O)O)C(=O)N(CCC3=CCCCC3)C1=C[C@@H](C(C)(C)C)O[C@H]2C. The predicted molar refractivity (Wildman–Crippen MR) is 120 cm³/mol. The van der Waals surface area contributed by atoms with Gasteiger partial charge in [0.2, 0.25) is 5.91 Å². The molecule has 0 radical (unpaired) electrons. The fourth-order valence-electron chi connectivity index (χ4n) is 5.27. The van der Waals surface area contributed by atoms with Crippen molar-refractivity contribution in [3.8, 4) is 0 Å². The van der Waals surface area contributed by atoms with Gasteiger partial charge in [-0.2, -0.15) is 0 Å². The molecule has 1 amide bonds. The molecule has 3 aliphatic rings. The second-order valence-corrected chi connectivity index (χ2v) is 10.4.